The summed E-state index contributed by atoms with van der Waals surface area (Å²) in [4.78, 5) is 0. The summed E-state index contributed by atoms with van der Waals surface area (Å²) in [7, 11) is 0. The minimum absolute atomic E-state index is 0. The zero-order valence-corrected chi connectivity index (χ0v) is 9.82. The summed E-state index contributed by atoms with van der Waals surface area (Å²) in [6.07, 6.45) is 4.06. The van der Waals surface area contributed by atoms with Gasteiger partial charge in [-0.2, -0.15) is 0 Å². The van der Waals surface area contributed by atoms with Crippen molar-refractivity contribution in [3.63, 3.8) is 0 Å². The smallest absolute Gasteiger partial charge is 0.211 e. The third kappa shape index (κ3) is 5.83. The van der Waals surface area contributed by atoms with E-state index in [9.17, 15) is 0 Å². The zero-order chi connectivity index (χ0) is 5.70. The van der Waals surface area contributed by atoms with E-state index in [-0.39, 0.29) is 51.4 Å². The summed E-state index contributed by atoms with van der Waals surface area (Å²) in [6.45, 7) is 7.77. The number of hydrogen-bond acceptors (Lipinski definition) is 0. The predicted molar refractivity (Wildman–Crippen MR) is 37.2 cm³/mol. The van der Waals surface area contributed by atoms with Gasteiger partial charge in [-0.25, -0.2) is 19.0 Å². The topological polar surface area (TPSA) is 0 Å². The molecule has 0 bridgehead atoms. The molecule has 0 aliphatic heterocycles. The Bertz CT molecular complexity index is 30.0. The molecule has 0 N–H and O–H groups in total. The van der Waals surface area contributed by atoms with Crippen molar-refractivity contribution in [1.82, 2.24) is 0 Å². The van der Waals surface area contributed by atoms with E-state index >= 15 is 0 Å². The first-order valence-electron chi connectivity index (χ1n) is 3.35. The van der Waals surface area contributed by atoms with Crippen molar-refractivity contribution in [3.8, 4) is 0 Å². The van der Waals surface area contributed by atoms with Crippen LogP contribution >= 0.6 is 0 Å². The Kier molecular flexibility index (Phi) is 13.5. The Morgan fingerprint density at radius 3 is 1.12 bits per heavy atom. The molecule has 1 radical (unpaired) electrons. The van der Waals surface area contributed by atoms with Gasteiger partial charge in [-0.15, -0.1) is 6.71 Å². The Labute approximate surface area is 96.3 Å². The summed E-state index contributed by atoms with van der Waals surface area (Å²) in [5, 5.41) is 0. The van der Waals surface area contributed by atoms with Crippen molar-refractivity contribution in [2.24, 2.45) is 0 Å². The van der Waals surface area contributed by atoms with Gasteiger partial charge in [-0.1, -0.05) is 20.8 Å². The minimum atomic E-state index is 0. The second kappa shape index (κ2) is 8.70. The number of hydrogen-bond donors (Lipinski definition) is 0. The molecule has 2 heteroatoms. The average molecular weight is 137 g/mol. The molecule has 0 amide bonds. The Morgan fingerprint density at radius 1 is 0.875 bits per heavy atom. The zero-order valence-electron chi connectivity index (χ0n) is 6.70. The van der Waals surface area contributed by atoms with Crippen LogP contribution < -0.4 is 51.4 Å². The van der Waals surface area contributed by atoms with Crippen LogP contribution in [0.5, 0.6) is 0 Å². The molecule has 0 aromatic carbocycles. The second-order valence-electron chi connectivity index (χ2n) is 2.09. The molecular weight excluding hydrogens is 122 g/mol. The molecule has 8 heavy (non-hydrogen) atoms. The monoisotopic (exact) mass is 137 g/mol. The molecule has 0 aliphatic carbocycles. The fraction of sp³-hybridized carbons (Fsp3) is 1.00. The fourth-order valence-electron chi connectivity index (χ4n) is 0.866. The molecule has 0 fully saturated rings. The van der Waals surface area contributed by atoms with E-state index in [4.69, 9.17) is 0 Å². The summed E-state index contributed by atoms with van der Waals surface area (Å²) >= 11 is 0. The van der Waals surface area contributed by atoms with Crippen molar-refractivity contribution in [1.29, 1.82) is 0 Å². The first kappa shape index (κ1) is 12.4. The van der Waals surface area contributed by atoms with E-state index in [0.717, 1.165) is 6.71 Å². The SMILES string of the molecule is CC[B-](CC)CC.[K+]. The molecule has 0 nitrogen and oxygen atoms in total. The van der Waals surface area contributed by atoms with Crippen molar-refractivity contribution < 1.29 is 51.4 Å². The van der Waals surface area contributed by atoms with Crippen molar-refractivity contribution >= 4 is 6.71 Å². The molecule has 0 aromatic rings. The molecule has 0 aliphatic rings. The normalized spacial score (nSPS) is 9.00. The van der Waals surface area contributed by atoms with Gasteiger partial charge in [0.05, 0.1) is 0 Å². The first-order valence-corrected chi connectivity index (χ1v) is 3.35. The Balaban J connectivity index is 0. The standard InChI is InChI=1S/C6H15B.K/c1-4-7(5-2)6-3;/h4-6H2,1-3H3;/q-1;+1. The van der Waals surface area contributed by atoms with Gasteiger partial charge in [0.1, 0.15) is 0 Å². The van der Waals surface area contributed by atoms with Crippen LogP contribution in [-0.4, -0.2) is 6.71 Å². The van der Waals surface area contributed by atoms with Crippen LogP contribution in [0.4, 0.5) is 0 Å². The molecular formula is C6H15BK. The van der Waals surface area contributed by atoms with Gasteiger partial charge < -0.3 is 0 Å². The van der Waals surface area contributed by atoms with Crippen LogP contribution in [0.25, 0.3) is 0 Å². The molecule has 0 unspecified atom stereocenters. The van der Waals surface area contributed by atoms with Gasteiger partial charge in [0, 0.05) is 0 Å². The molecule has 0 heterocycles. The van der Waals surface area contributed by atoms with Crippen LogP contribution in [0.2, 0.25) is 19.0 Å². The van der Waals surface area contributed by atoms with Gasteiger partial charge in [-0.05, 0) is 0 Å². The van der Waals surface area contributed by atoms with Gasteiger partial charge in [0.2, 0.25) is 0 Å². The minimum Gasteiger partial charge on any atom is -0.211 e. The van der Waals surface area contributed by atoms with Crippen molar-refractivity contribution in [2.45, 2.75) is 39.7 Å². The average Bonchev–Trinajstić information content (AvgIpc) is 1.72. The Morgan fingerprint density at radius 2 is 1.12 bits per heavy atom. The molecule has 0 saturated heterocycles. The third-order valence-corrected chi connectivity index (χ3v) is 1.73. The summed E-state index contributed by atoms with van der Waals surface area (Å²) < 4.78 is 0. The maximum absolute atomic E-state index is 2.26. The summed E-state index contributed by atoms with van der Waals surface area (Å²) in [6, 6.07) is 0. The van der Waals surface area contributed by atoms with Crippen LogP contribution in [0.15, 0.2) is 0 Å². The molecule has 43 valence electrons. The Hall–Kier alpha value is 1.70. The maximum atomic E-state index is 2.26. The maximum Gasteiger partial charge on any atom is 1.00 e. The van der Waals surface area contributed by atoms with E-state index < -0.39 is 0 Å². The van der Waals surface area contributed by atoms with Crippen LogP contribution in [0.3, 0.4) is 0 Å². The molecule has 0 aromatic heterocycles. The largest absolute Gasteiger partial charge is 1.00 e. The van der Waals surface area contributed by atoms with Crippen LogP contribution in [0.1, 0.15) is 20.8 Å². The third-order valence-electron chi connectivity index (χ3n) is 1.73. The van der Waals surface area contributed by atoms with Gasteiger partial charge in [-0.3, -0.25) is 0 Å². The number of rotatable bonds is 3. The van der Waals surface area contributed by atoms with E-state index in [1.165, 1.54) is 19.0 Å². The van der Waals surface area contributed by atoms with E-state index in [2.05, 4.69) is 20.8 Å². The van der Waals surface area contributed by atoms with Crippen molar-refractivity contribution in [2.75, 3.05) is 0 Å². The summed E-state index contributed by atoms with van der Waals surface area (Å²) in [5.74, 6) is 0. The van der Waals surface area contributed by atoms with E-state index in [1.807, 2.05) is 0 Å². The predicted octanol–water partition coefficient (Wildman–Crippen LogP) is -0.455. The fourth-order valence-corrected chi connectivity index (χ4v) is 0.866. The van der Waals surface area contributed by atoms with E-state index in [0.29, 0.717) is 0 Å². The van der Waals surface area contributed by atoms with Gasteiger partial charge >= 0.3 is 51.4 Å². The molecule has 0 rings (SSSR count). The van der Waals surface area contributed by atoms with Crippen molar-refractivity contribution in [3.05, 3.63) is 0 Å². The van der Waals surface area contributed by atoms with Crippen LogP contribution in [0, 0.1) is 0 Å². The molecule has 0 saturated carbocycles. The molecule has 0 spiro atoms. The van der Waals surface area contributed by atoms with Crippen LogP contribution in [-0.2, 0) is 0 Å². The quantitative estimate of drug-likeness (QED) is 0.462. The molecule has 0 atom stereocenters. The first-order chi connectivity index (χ1) is 3.35. The van der Waals surface area contributed by atoms with E-state index in [1.54, 1.807) is 0 Å². The second-order valence-corrected chi connectivity index (χ2v) is 2.09. The van der Waals surface area contributed by atoms with Gasteiger partial charge in [0.25, 0.3) is 0 Å². The van der Waals surface area contributed by atoms with Gasteiger partial charge in [0.15, 0.2) is 0 Å². The summed E-state index contributed by atoms with van der Waals surface area (Å²) in [5.41, 5.74) is 0.